The molecule has 1 atom stereocenters. The minimum Gasteiger partial charge on any atom is -0.464 e. The molecular weight excluding hydrogens is 462 g/mol. The Kier molecular flexibility index (Phi) is 6.69. The van der Waals surface area contributed by atoms with Crippen LogP contribution in [0.4, 0.5) is 0 Å². The summed E-state index contributed by atoms with van der Waals surface area (Å²) >= 11 is 9.02. The number of sulfonamides is 1. The summed E-state index contributed by atoms with van der Waals surface area (Å²) in [6.45, 7) is 1.11. The Morgan fingerprint density at radius 2 is 2.19 bits per heavy atom. The van der Waals surface area contributed by atoms with Gasteiger partial charge in [-0.05, 0) is 47.0 Å². The number of hydrogen-bond acceptors (Lipinski definition) is 6. The van der Waals surface area contributed by atoms with Gasteiger partial charge in [0, 0.05) is 19.4 Å². The number of aliphatic hydroxyl groups is 1. The van der Waals surface area contributed by atoms with Crippen LogP contribution in [0.25, 0.3) is 0 Å². The molecule has 11 heteroatoms. The topological polar surface area (TPSA) is 111 Å². The molecular formula is C16H19BrClN3O5S. The molecule has 8 nitrogen and oxygen atoms in total. The second-order valence-corrected chi connectivity index (χ2v) is 9.08. The van der Waals surface area contributed by atoms with Gasteiger partial charge in [0.05, 0.1) is 23.7 Å². The van der Waals surface area contributed by atoms with Crippen molar-refractivity contribution in [3.05, 3.63) is 45.4 Å². The Hall–Kier alpha value is -1.46. The number of esters is 1. The van der Waals surface area contributed by atoms with E-state index < -0.39 is 28.1 Å². The summed E-state index contributed by atoms with van der Waals surface area (Å²) < 4.78 is 34.4. The molecule has 0 aliphatic carbocycles. The normalized spacial score (nSPS) is 14.0. The van der Waals surface area contributed by atoms with Crippen LogP contribution in [0.3, 0.4) is 0 Å². The minimum absolute atomic E-state index is 0.0597. The van der Waals surface area contributed by atoms with Gasteiger partial charge < -0.3 is 14.4 Å². The molecule has 0 radical (unpaired) electrons. The summed E-state index contributed by atoms with van der Waals surface area (Å²) in [6.07, 6.45) is 2.97. The van der Waals surface area contributed by atoms with Crippen LogP contribution in [0.5, 0.6) is 0 Å². The summed E-state index contributed by atoms with van der Waals surface area (Å²) in [6, 6.07) is 3.28. The third kappa shape index (κ3) is 4.88. The van der Waals surface area contributed by atoms with Gasteiger partial charge in [0.1, 0.15) is 15.7 Å². The second kappa shape index (κ2) is 8.27. The van der Waals surface area contributed by atoms with Gasteiger partial charge in [-0.25, -0.2) is 22.9 Å². The highest BCUT2D eigenvalue weighted by atomic mass is 79.9. The lowest BCUT2D eigenvalue weighted by molar-refractivity contribution is 0.0588. The van der Waals surface area contributed by atoms with Crippen molar-refractivity contribution in [2.45, 2.75) is 23.8 Å². The van der Waals surface area contributed by atoms with Crippen LogP contribution in [0, 0.1) is 0 Å². The lowest BCUT2D eigenvalue weighted by Gasteiger charge is -2.28. The molecule has 2 rings (SSSR count). The van der Waals surface area contributed by atoms with Crippen molar-refractivity contribution in [3.63, 3.8) is 0 Å². The quantitative estimate of drug-likeness (QED) is 0.462. The van der Waals surface area contributed by atoms with Gasteiger partial charge in [0.2, 0.25) is 10.0 Å². The Balaban J connectivity index is 2.37. The van der Waals surface area contributed by atoms with Crippen LogP contribution < -0.4 is 4.72 Å². The number of pyridine rings is 1. The molecule has 2 heterocycles. The summed E-state index contributed by atoms with van der Waals surface area (Å²) in [7, 11) is -1.34. The molecule has 2 aromatic heterocycles. The number of ether oxygens (including phenoxy) is 1. The fraction of sp³-hybridized carbons (Fsp3) is 0.375. The molecule has 2 aromatic rings. The Labute approximate surface area is 170 Å². The van der Waals surface area contributed by atoms with Crippen molar-refractivity contribution in [2.75, 3.05) is 13.7 Å². The summed E-state index contributed by atoms with van der Waals surface area (Å²) in [4.78, 5) is 15.6. The number of aromatic nitrogens is 2. The number of nitrogens with zero attached hydrogens (tertiary/aromatic N) is 2. The van der Waals surface area contributed by atoms with Gasteiger partial charge in [-0.2, -0.15) is 0 Å². The summed E-state index contributed by atoms with van der Waals surface area (Å²) in [5.74, 6) is -0.679. The average molecular weight is 481 g/mol. The highest BCUT2D eigenvalue weighted by molar-refractivity contribution is 9.10. The molecule has 2 N–H and O–H groups in total. The number of aryl methyl sites for hydroxylation is 1. The average Bonchev–Trinajstić information content (AvgIpc) is 2.89. The van der Waals surface area contributed by atoms with Crippen molar-refractivity contribution in [2.24, 2.45) is 7.05 Å². The number of carbonyl (C=O) groups is 1. The molecule has 0 saturated carbocycles. The molecule has 0 aliphatic rings. The van der Waals surface area contributed by atoms with Crippen LogP contribution in [0.15, 0.2) is 33.9 Å². The highest BCUT2D eigenvalue weighted by Crippen LogP contribution is 2.29. The first kappa shape index (κ1) is 21.8. The van der Waals surface area contributed by atoms with E-state index in [0.717, 1.165) is 0 Å². The molecule has 0 aliphatic heterocycles. The number of carbonyl (C=O) groups excluding carboxylic acids is 1. The minimum atomic E-state index is -4.07. The Morgan fingerprint density at radius 3 is 2.74 bits per heavy atom. The zero-order chi connectivity index (χ0) is 20.4. The van der Waals surface area contributed by atoms with Crippen molar-refractivity contribution in [1.29, 1.82) is 0 Å². The monoisotopic (exact) mass is 479 g/mol. The lowest BCUT2D eigenvalue weighted by atomic mass is 9.96. The number of halogens is 2. The zero-order valence-electron chi connectivity index (χ0n) is 14.9. The molecule has 27 heavy (non-hydrogen) atoms. The predicted octanol–water partition coefficient (Wildman–Crippen LogP) is 1.89. The van der Waals surface area contributed by atoms with Gasteiger partial charge >= 0.3 is 5.97 Å². The second-order valence-electron chi connectivity index (χ2n) is 6.25. The van der Waals surface area contributed by atoms with E-state index in [1.807, 2.05) is 0 Å². The Morgan fingerprint density at radius 1 is 1.52 bits per heavy atom. The first-order valence-corrected chi connectivity index (χ1v) is 10.4. The molecule has 0 aromatic carbocycles. The molecule has 148 valence electrons. The molecule has 0 spiro atoms. The van der Waals surface area contributed by atoms with Gasteiger partial charge in [0.15, 0.2) is 0 Å². The van der Waals surface area contributed by atoms with E-state index in [9.17, 15) is 18.3 Å². The highest BCUT2D eigenvalue weighted by Gasteiger charge is 2.34. The smallest absolute Gasteiger partial charge is 0.355 e. The fourth-order valence-corrected chi connectivity index (χ4v) is 5.50. The van der Waals surface area contributed by atoms with Crippen molar-refractivity contribution >= 4 is 43.5 Å². The predicted molar refractivity (Wildman–Crippen MR) is 103 cm³/mol. The van der Waals surface area contributed by atoms with Gasteiger partial charge in [-0.3, -0.25) is 0 Å². The lowest BCUT2D eigenvalue weighted by Crippen LogP contribution is -2.50. The van der Waals surface area contributed by atoms with Gasteiger partial charge in [-0.15, -0.1) is 0 Å². The number of nitrogens with one attached hydrogen (secondary N) is 1. The first-order chi connectivity index (χ1) is 12.5. The molecule has 0 bridgehead atoms. The Bertz CT molecular complexity index is 963. The fourth-order valence-electron chi connectivity index (χ4n) is 2.59. The van der Waals surface area contributed by atoms with Gasteiger partial charge in [0.25, 0.3) is 0 Å². The van der Waals surface area contributed by atoms with E-state index in [4.69, 9.17) is 11.6 Å². The van der Waals surface area contributed by atoms with Crippen LogP contribution in [-0.2, 0) is 28.2 Å². The third-order valence-electron chi connectivity index (χ3n) is 3.87. The number of methoxy groups -OCH3 is 1. The molecule has 0 fully saturated rings. The summed E-state index contributed by atoms with van der Waals surface area (Å²) in [5, 5.41) is 10.1. The van der Waals surface area contributed by atoms with Crippen molar-refractivity contribution in [3.8, 4) is 0 Å². The van der Waals surface area contributed by atoms with Crippen molar-refractivity contribution in [1.82, 2.24) is 14.3 Å². The van der Waals surface area contributed by atoms with Crippen LogP contribution in [0.1, 0.15) is 23.0 Å². The van der Waals surface area contributed by atoms with E-state index in [1.165, 1.54) is 31.1 Å². The van der Waals surface area contributed by atoms with Crippen LogP contribution >= 0.6 is 27.5 Å². The van der Waals surface area contributed by atoms with E-state index in [0.29, 0.717) is 5.56 Å². The summed E-state index contributed by atoms with van der Waals surface area (Å²) in [5.41, 5.74) is -0.439. The maximum atomic E-state index is 12.9. The number of aliphatic hydroxyl groups excluding tert-OH is 1. The first-order valence-electron chi connectivity index (χ1n) is 7.71. The number of hydrogen-bond donors (Lipinski definition) is 2. The SMILES string of the molecule is COC(=O)c1c(Br)c(S(=O)(=O)NC(C)(CO)Cc2ccnc(Cl)c2)cn1C. The third-order valence-corrected chi connectivity index (χ3v) is 6.79. The maximum absolute atomic E-state index is 12.9. The van der Waals surface area contributed by atoms with E-state index in [2.05, 4.69) is 30.4 Å². The van der Waals surface area contributed by atoms with Crippen LogP contribution in [0.2, 0.25) is 5.15 Å². The standard InChI is InChI=1S/C16H19BrClN3O5S/c1-16(9-22,7-10-4-5-19-12(18)6-10)20-27(24,25)11-8-21(2)14(13(11)17)15(23)26-3/h4-6,8,20,22H,7,9H2,1-3H3. The van der Waals surface area contributed by atoms with Crippen LogP contribution in [-0.4, -0.2) is 48.3 Å². The maximum Gasteiger partial charge on any atom is 0.355 e. The molecule has 0 saturated heterocycles. The van der Waals surface area contributed by atoms with Crippen molar-refractivity contribution < 1.29 is 23.1 Å². The van der Waals surface area contributed by atoms with E-state index >= 15 is 0 Å². The van der Waals surface area contributed by atoms with Gasteiger partial charge in [-0.1, -0.05) is 11.6 Å². The van der Waals surface area contributed by atoms with E-state index in [1.54, 1.807) is 19.1 Å². The zero-order valence-corrected chi connectivity index (χ0v) is 18.0. The molecule has 0 amide bonds. The largest absolute Gasteiger partial charge is 0.464 e. The molecule has 1 unspecified atom stereocenters. The van der Waals surface area contributed by atoms with E-state index in [-0.39, 0.29) is 26.6 Å². The number of rotatable bonds is 7.